The Hall–Kier alpha value is -3.61. The van der Waals surface area contributed by atoms with Crippen LogP contribution >= 0.6 is 0 Å². The van der Waals surface area contributed by atoms with E-state index in [0.29, 0.717) is 18.1 Å². The maximum absolute atomic E-state index is 12.7. The number of benzene rings is 2. The van der Waals surface area contributed by atoms with Gasteiger partial charge in [-0.15, -0.1) is 0 Å². The lowest BCUT2D eigenvalue weighted by atomic mass is 10.1. The van der Waals surface area contributed by atoms with Crippen LogP contribution in [-0.4, -0.2) is 52.7 Å². The summed E-state index contributed by atoms with van der Waals surface area (Å²) in [5, 5.41) is 7.47. The Balaban J connectivity index is 1.22. The standard InChI is InChI=1S/C27H31N5O2/c1-19-6-10-23(11-7-19)28-26(33)25-16-20(2)32(29-25)18-21-4-3-5-24(17-21)30-12-14-31(15-13-30)27(34)22-8-9-22/h3-7,10-11,16-17,22H,8-9,12-15,18H2,1-2H3,(H,28,33). The molecule has 34 heavy (non-hydrogen) atoms. The summed E-state index contributed by atoms with van der Waals surface area (Å²) in [5.41, 5.74) is 5.55. The molecule has 2 amide bonds. The van der Waals surface area contributed by atoms with Crippen molar-refractivity contribution in [2.75, 3.05) is 36.4 Å². The van der Waals surface area contributed by atoms with Gasteiger partial charge in [0.05, 0.1) is 6.54 Å². The van der Waals surface area contributed by atoms with Crippen molar-refractivity contribution in [1.82, 2.24) is 14.7 Å². The van der Waals surface area contributed by atoms with E-state index in [4.69, 9.17) is 0 Å². The van der Waals surface area contributed by atoms with Crippen molar-refractivity contribution in [3.63, 3.8) is 0 Å². The summed E-state index contributed by atoms with van der Waals surface area (Å²) in [6.07, 6.45) is 2.12. The summed E-state index contributed by atoms with van der Waals surface area (Å²) >= 11 is 0. The minimum Gasteiger partial charge on any atom is -0.368 e. The number of aryl methyl sites for hydroxylation is 2. The maximum Gasteiger partial charge on any atom is 0.276 e. The van der Waals surface area contributed by atoms with Gasteiger partial charge in [-0.1, -0.05) is 29.8 Å². The first-order valence-electron chi connectivity index (χ1n) is 12.0. The highest BCUT2D eigenvalue weighted by atomic mass is 16.2. The van der Waals surface area contributed by atoms with Crippen LogP contribution in [-0.2, 0) is 11.3 Å². The predicted molar refractivity (Wildman–Crippen MR) is 133 cm³/mol. The first kappa shape index (κ1) is 22.2. The van der Waals surface area contributed by atoms with E-state index in [1.807, 2.05) is 53.8 Å². The molecule has 176 valence electrons. The molecule has 7 nitrogen and oxygen atoms in total. The zero-order valence-electron chi connectivity index (χ0n) is 19.8. The molecule has 1 N–H and O–H groups in total. The highest BCUT2D eigenvalue weighted by Crippen LogP contribution is 2.31. The fourth-order valence-corrected chi connectivity index (χ4v) is 4.41. The van der Waals surface area contributed by atoms with Crippen LogP contribution in [0.3, 0.4) is 0 Å². The largest absolute Gasteiger partial charge is 0.368 e. The van der Waals surface area contributed by atoms with Crippen molar-refractivity contribution in [2.45, 2.75) is 33.2 Å². The molecule has 2 heterocycles. The molecule has 1 saturated heterocycles. The fraction of sp³-hybridized carbons (Fsp3) is 0.370. The van der Waals surface area contributed by atoms with Crippen molar-refractivity contribution in [1.29, 1.82) is 0 Å². The zero-order valence-corrected chi connectivity index (χ0v) is 19.8. The normalized spacial score (nSPS) is 15.9. The predicted octanol–water partition coefficient (Wildman–Crippen LogP) is 3.86. The van der Waals surface area contributed by atoms with Crippen LogP contribution in [0.1, 0.15) is 40.2 Å². The number of rotatable bonds is 6. The van der Waals surface area contributed by atoms with Crippen LogP contribution in [0.15, 0.2) is 54.6 Å². The highest BCUT2D eigenvalue weighted by molar-refractivity contribution is 6.02. The number of anilines is 2. The summed E-state index contributed by atoms with van der Waals surface area (Å²) in [5.74, 6) is 0.416. The Morgan fingerprint density at radius 3 is 2.41 bits per heavy atom. The van der Waals surface area contributed by atoms with Crippen LogP contribution < -0.4 is 10.2 Å². The first-order valence-corrected chi connectivity index (χ1v) is 12.0. The van der Waals surface area contributed by atoms with Gasteiger partial charge in [0, 0.05) is 49.2 Å². The van der Waals surface area contributed by atoms with Crippen LogP contribution in [0.5, 0.6) is 0 Å². The van der Waals surface area contributed by atoms with E-state index >= 15 is 0 Å². The van der Waals surface area contributed by atoms with Crippen molar-refractivity contribution in [3.8, 4) is 0 Å². The summed E-state index contributed by atoms with van der Waals surface area (Å²) in [6.45, 7) is 7.86. The van der Waals surface area contributed by atoms with Gasteiger partial charge in [-0.2, -0.15) is 5.10 Å². The maximum atomic E-state index is 12.7. The van der Waals surface area contributed by atoms with Crippen molar-refractivity contribution < 1.29 is 9.59 Å². The van der Waals surface area contributed by atoms with E-state index in [1.165, 1.54) is 0 Å². The Morgan fingerprint density at radius 1 is 0.971 bits per heavy atom. The van der Waals surface area contributed by atoms with Crippen LogP contribution in [0.25, 0.3) is 0 Å². The molecule has 0 spiro atoms. The molecule has 2 fully saturated rings. The molecule has 2 aliphatic rings. The highest BCUT2D eigenvalue weighted by Gasteiger charge is 2.34. The molecule has 1 saturated carbocycles. The van der Waals surface area contributed by atoms with Crippen molar-refractivity contribution >= 4 is 23.2 Å². The van der Waals surface area contributed by atoms with Crippen LogP contribution in [0, 0.1) is 19.8 Å². The molecular formula is C27H31N5O2. The fourth-order valence-electron chi connectivity index (χ4n) is 4.41. The van der Waals surface area contributed by atoms with Gasteiger partial charge in [0.25, 0.3) is 5.91 Å². The molecule has 2 aromatic carbocycles. The van der Waals surface area contributed by atoms with Gasteiger partial charge < -0.3 is 15.1 Å². The van der Waals surface area contributed by atoms with E-state index in [9.17, 15) is 9.59 Å². The smallest absolute Gasteiger partial charge is 0.276 e. The molecule has 1 aliphatic heterocycles. The number of piperazine rings is 1. The van der Waals surface area contributed by atoms with E-state index in [2.05, 4.69) is 39.6 Å². The van der Waals surface area contributed by atoms with Crippen LogP contribution in [0.2, 0.25) is 0 Å². The number of hydrogen-bond donors (Lipinski definition) is 1. The Kier molecular flexibility index (Phi) is 6.09. The average molecular weight is 458 g/mol. The molecule has 5 rings (SSSR count). The third-order valence-corrected chi connectivity index (χ3v) is 6.65. The first-order chi connectivity index (χ1) is 16.5. The molecule has 7 heteroatoms. The second-order valence-corrected chi connectivity index (χ2v) is 9.41. The van der Waals surface area contributed by atoms with Gasteiger partial charge in [0.2, 0.25) is 5.91 Å². The molecule has 0 radical (unpaired) electrons. The Bertz CT molecular complexity index is 1190. The zero-order chi connectivity index (χ0) is 23.7. The molecule has 0 bridgehead atoms. The Morgan fingerprint density at radius 2 is 1.71 bits per heavy atom. The molecule has 1 aromatic heterocycles. The lowest BCUT2D eigenvalue weighted by Crippen LogP contribution is -2.49. The number of aromatic nitrogens is 2. The topological polar surface area (TPSA) is 70.5 Å². The lowest BCUT2D eigenvalue weighted by molar-refractivity contribution is -0.132. The monoisotopic (exact) mass is 457 g/mol. The molecule has 0 unspecified atom stereocenters. The molecule has 1 aliphatic carbocycles. The van der Waals surface area contributed by atoms with Gasteiger partial charge in [-0.05, 0) is 62.6 Å². The number of nitrogens with zero attached hydrogens (tertiary/aromatic N) is 4. The average Bonchev–Trinajstić information content (AvgIpc) is 3.64. The summed E-state index contributed by atoms with van der Waals surface area (Å²) < 4.78 is 1.87. The van der Waals surface area contributed by atoms with E-state index in [0.717, 1.165) is 67.2 Å². The summed E-state index contributed by atoms with van der Waals surface area (Å²) in [6, 6.07) is 18.0. The SMILES string of the molecule is Cc1ccc(NC(=O)c2cc(C)n(Cc3cccc(N4CCN(C(=O)C5CC5)CC4)c3)n2)cc1. The van der Waals surface area contributed by atoms with Gasteiger partial charge >= 0.3 is 0 Å². The third kappa shape index (κ3) is 4.98. The number of hydrogen-bond acceptors (Lipinski definition) is 4. The van der Waals surface area contributed by atoms with Crippen LogP contribution in [0.4, 0.5) is 11.4 Å². The number of carbonyl (C=O) groups is 2. The van der Waals surface area contributed by atoms with E-state index in [1.54, 1.807) is 0 Å². The Labute approximate surface area is 200 Å². The number of nitrogens with one attached hydrogen (secondary N) is 1. The lowest BCUT2D eigenvalue weighted by Gasteiger charge is -2.36. The van der Waals surface area contributed by atoms with Gasteiger partial charge in [0.1, 0.15) is 0 Å². The minimum absolute atomic E-state index is 0.210. The van der Waals surface area contributed by atoms with Gasteiger partial charge in [0.15, 0.2) is 5.69 Å². The van der Waals surface area contributed by atoms with Crippen molar-refractivity contribution in [2.24, 2.45) is 5.92 Å². The summed E-state index contributed by atoms with van der Waals surface area (Å²) in [4.78, 5) is 29.4. The minimum atomic E-state index is -0.210. The molecular weight excluding hydrogens is 426 g/mol. The number of amides is 2. The van der Waals surface area contributed by atoms with E-state index in [-0.39, 0.29) is 11.8 Å². The van der Waals surface area contributed by atoms with Gasteiger partial charge in [-0.3, -0.25) is 14.3 Å². The summed E-state index contributed by atoms with van der Waals surface area (Å²) in [7, 11) is 0. The second-order valence-electron chi connectivity index (χ2n) is 9.41. The quantitative estimate of drug-likeness (QED) is 0.610. The van der Waals surface area contributed by atoms with E-state index < -0.39 is 0 Å². The number of carbonyl (C=O) groups excluding carboxylic acids is 2. The molecule has 3 aromatic rings. The van der Waals surface area contributed by atoms with Gasteiger partial charge in [-0.25, -0.2) is 0 Å². The molecule has 0 atom stereocenters. The third-order valence-electron chi connectivity index (χ3n) is 6.65. The second kappa shape index (κ2) is 9.33. The van der Waals surface area contributed by atoms with Crippen molar-refractivity contribution in [3.05, 3.63) is 77.1 Å².